The lowest BCUT2D eigenvalue weighted by atomic mass is 10.1. The average Bonchev–Trinajstić information content (AvgIpc) is 3.15. The molecule has 0 aliphatic rings. The molecule has 0 unspecified atom stereocenters. The second-order valence-corrected chi connectivity index (χ2v) is 10.8. The van der Waals surface area contributed by atoms with Crippen molar-refractivity contribution in [3.63, 3.8) is 0 Å². The molecule has 0 heterocycles. The Balaban J connectivity index is 1.30. The summed E-state index contributed by atoms with van der Waals surface area (Å²) in [5.41, 5.74) is -0.0927. The Morgan fingerprint density at radius 1 is 0.547 bits per heavy atom. The molecule has 0 radical (unpaired) electrons. The van der Waals surface area contributed by atoms with E-state index in [1.807, 2.05) is 0 Å². The molecule has 16 heteroatoms. The molecule has 0 spiro atoms. The smallest absolute Gasteiger partial charge is 0.416 e. The SMILES string of the molecule is C=CCOCCOCCOCCOCCOCCOCCOCCOCCOCCOCCOC(=O)c1ccccc1Nc1cccc(C(F)(F)F)c1. The van der Waals surface area contributed by atoms with Gasteiger partial charge in [0.2, 0.25) is 0 Å². The molecule has 300 valence electrons. The average molecular weight is 762 g/mol. The summed E-state index contributed by atoms with van der Waals surface area (Å²) in [4.78, 5) is 12.6. The van der Waals surface area contributed by atoms with Crippen molar-refractivity contribution in [1.29, 1.82) is 0 Å². The molecule has 2 rings (SSSR count). The van der Waals surface area contributed by atoms with Crippen LogP contribution in [0.3, 0.4) is 0 Å². The Hall–Kier alpha value is -3.16. The van der Waals surface area contributed by atoms with E-state index in [1.54, 1.807) is 24.3 Å². The number of esters is 1. The molecule has 13 nitrogen and oxygen atoms in total. The number of ether oxygens (including phenoxy) is 11. The van der Waals surface area contributed by atoms with E-state index in [4.69, 9.17) is 52.1 Å². The van der Waals surface area contributed by atoms with Gasteiger partial charge in [-0.2, -0.15) is 13.2 Å². The third-order valence-corrected chi connectivity index (χ3v) is 6.66. The van der Waals surface area contributed by atoms with Crippen LogP contribution in [0.5, 0.6) is 0 Å². The Labute approximate surface area is 309 Å². The summed E-state index contributed by atoms with van der Waals surface area (Å²) >= 11 is 0. The first-order valence-corrected chi connectivity index (χ1v) is 17.5. The number of benzene rings is 2. The van der Waals surface area contributed by atoms with Gasteiger partial charge in [-0.3, -0.25) is 0 Å². The van der Waals surface area contributed by atoms with Gasteiger partial charge in [-0.25, -0.2) is 4.79 Å². The maximum atomic E-state index is 13.0. The highest BCUT2D eigenvalue weighted by atomic mass is 19.4. The number of carbonyl (C=O) groups is 1. The number of nitrogens with one attached hydrogen (secondary N) is 1. The van der Waals surface area contributed by atoms with Gasteiger partial charge in [0.05, 0.1) is 149 Å². The van der Waals surface area contributed by atoms with Gasteiger partial charge < -0.3 is 57.4 Å². The van der Waals surface area contributed by atoms with E-state index in [0.29, 0.717) is 131 Å². The maximum absolute atomic E-state index is 13.0. The quantitative estimate of drug-likeness (QED) is 0.0578. The van der Waals surface area contributed by atoms with Gasteiger partial charge in [0.25, 0.3) is 0 Å². The second-order valence-electron chi connectivity index (χ2n) is 10.8. The molecule has 0 aromatic heterocycles. The van der Waals surface area contributed by atoms with Gasteiger partial charge in [0.15, 0.2) is 0 Å². The van der Waals surface area contributed by atoms with Gasteiger partial charge >= 0.3 is 12.1 Å². The van der Waals surface area contributed by atoms with E-state index in [1.165, 1.54) is 18.2 Å². The van der Waals surface area contributed by atoms with Crippen LogP contribution in [0.1, 0.15) is 15.9 Å². The lowest BCUT2D eigenvalue weighted by Gasteiger charge is -2.13. The van der Waals surface area contributed by atoms with Gasteiger partial charge in [-0.15, -0.1) is 6.58 Å². The van der Waals surface area contributed by atoms with Crippen LogP contribution in [-0.2, 0) is 58.3 Å². The fraction of sp³-hybridized carbons (Fsp3) is 0.595. The van der Waals surface area contributed by atoms with Gasteiger partial charge in [-0.1, -0.05) is 24.3 Å². The van der Waals surface area contributed by atoms with Crippen molar-refractivity contribution in [1.82, 2.24) is 0 Å². The van der Waals surface area contributed by atoms with E-state index in [9.17, 15) is 18.0 Å². The van der Waals surface area contributed by atoms with Crippen LogP contribution < -0.4 is 5.32 Å². The molecule has 0 aliphatic heterocycles. The number of hydrogen-bond acceptors (Lipinski definition) is 13. The zero-order valence-electron chi connectivity index (χ0n) is 30.3. The first-order valence-electron chi connectivity index (χ1n) is 17.5. The van der Waals surface area contributed by atoms with E-state index in [-0.39, 0.29) is 24.5 Å². The number of hydrogen-bond donors (Lipinski definition) is 1. The number of rotatable bonds is 35. The van der Waals surface area contributed by atoms with Crippen molar-refractivity contribution in [2.24, 2.45) is 0 Å². The zero-order chi connectivity index (χ0) is 38.1. The molecule has 53 heavy (non-hydrogen) atoms. The molecule has 1 N–H and O–H groups in total. The molecule has 2 aromatic rings. The Morgan fingerprint density at radius 3 is 1.36 bits per heavy atom. The fourth-order valence-corrected chi connectivity index (χ4v) is 4.12. The van der Waals surface area contributed by atoms with E-state index < -0.39 is 17.7 Å². The molecule has 2 aromatic carbocycles. The summed E-state index contributed by atoms with van der Waals surface area (Å²) < 4.78 is 98.6. The first-order chi connectivity index (χ1) is 25.9. The third kappa shape index (κ3) is 24.7. The predicted molar refractivity (Wildman–Crippen MR) is 190 cm³/mol. The van der Waals surface area contributed by atoms with Crippen molar-refractivity contribution >= 4 is 17.3 Å². The zero-order valence-corrected chi connectivity index (χ0v) is 30.3. The molecule has 0 fully saturated rings. The maximum Gasteiger partial charge on any atom is 0.416 e. The predicted octanol–water partition coefficient (Wildman–Crippen LogP) is 4.96. The minimum atomic E-state index is -4.48. The van der Waals surface area contributed by atoms with Crippen LogP contribution in [-0.4, -0.2) is 145 Å². The molecule has 0 aliphatic carbocycles. The normalized spacial score (nSPS) is 11.5. The van der Waals surface area contributed by atoms with Gasteiger partial charge in [0, 0.05) is 5.69 Å². The summed E-state index contributed by atoms with van der Waals surface area (Å²) in [6.07, 6.45) is -2.78. The largest absolute Gasteiger partial charge is 0.460 e. The number of anilines is 2. The second kappa shape index (κ2) is 31.2. The van der Waals surface area contributed by atoms with E-state index in [0.717, 1.165) is 12.1 Å². The number of carbonyl (C=O) groups excluding carboxylic acids is 1. The number of alkyl halides is 3. The first kappa shape index (κ1) is 46.0. The molecule has 0 atom stereocenters. The Morgan fingerprint density at radius 2 is 0.943 bits per heavy atom. The van der Waals surface area contributed by atoms with Crippen LogP contribution in [0.4, 0.5) is 24.5 Å². The number of para-hydroxylation sites is 1. The monoisotopic (exact) mass is 761 g/mol. The van der Waals surface area contributed by atoms with Crippen LogP contribution in [0.25, 0.3) is 0 Å². The standard InChI is InChI=1S/C37H54F3NO12/c1-2-10-43-11-12-44-13-14-45-15-16-46-17-18-47-19-20-48-21-22-49-23-24-50-25-26-51-27-28-52-29-30-53-36(42)34-8-3-4-9-35(34)41-33-7-5-6-32(31-33)37(38,39)40/h2-9,31,41H,1,10-30H2. The van der Waals surface area contributed by atoms with Crippen molar-refractivity contribution in [3.8, 4) is 0 Å². The molecular formula is C37H54F3NO12. The molecule has 0 saturated carbocycles. The van der Waals surface area contributed by atoms with Crippen molar-refractivity contribution in [2.45, 2.75) is 6.18 Å². The summed E-state index contributed by atoms with van der Waals surface area (Å²) in [6.45, 7) is 12.5. The third-order valence-electron chi connectivity index (χ3n) is 6.66. The minimum absolute atomic E-state index is 0.00228. The summed E-state index contributed by atoms with van der Waals surface area (Å²) in [5.74, 6) is -0.629. The number of halogens is 3. The topological polar surface area (TPSA) is 131 Å². The van der Waals surface area contributed by atoms with E-state index in [2.05, 4.69) is 11.9 Å². The fourth-order valence-electron chi connectivity index (χ4n) is 4.12. The summed E-state index contributed by atoms with van der Waals surface area (Å²) in [5, 5.41) is 2.86. The van der Waals surface area contributed by atoms with Crippen LogP contribution in [0, 0.1) is 0 Å². The van der Waals surface area contributed by atoms with Crippen molar-refractivity contribution in [3.05, 3.63) is 72.3 Å². The molecular weight excluding hydrogens is 707 g/mol. The minimum Gasteiger partial charge on any atom is -0.460 e. The Bertz CT molecular complexity index is 1210. The van der Waals surface area contributed by atoms with Crippen LogP contribution in [0.2, 0.25) is 0 Å². The Kier molecular flexibility index (Phi) is 27.1. The van der Waals surface area contributed by atoms with Crippen LogP contribution >= 0.6 is 0 Å². The highest BCUT2D eigenvalue weighted by molar-refractivity contribution is 5.96. The van der Waals surface area contributed by atoms with Gasteiger partial charge in [0.1, 0.15) is 6.61 Å². The lowest BCUT2D eigenvalue weighted by Crippen LogP contribution is -2.16. The van der Waals surface area contributed by atoms with E-state index >= 15 is 0 Å². The summed E-state index contributed by atoms with van der Waals surface area (Å²) in [7, 11) is 0. The summed E-state index contributed by atoms with van der Waals surface area (Å²) in [6, 6.07) is 11.1. The van der Waals surface area contributed by atoms with Crippen molar-refractivity contribution in [2.75, 3.05) is 144 Å². The molecule has 0 saturated heterocycles. The highest BCUT2D eigenvalue weighted by Gasteiger charge is 2.30. The molecule has 0 bridgehead atoms. The molecule has 0 amide bonds. The lowest BCUT2D eigenvalue weighted by molar-refractivity contribution is -0.137. The van der Waals surface area contributed by atoms with Gasteiger partial charge in [-0.05, 0) is 30.3 Å². The van der Waals surface area contributed by atoms with Crippen molar-refractivity contribution < 1.29 is 70.1 Å². The van der Waals surface area contributed by atoms with Crippen LogP contribution in [0.15, 0.2) is 61.2 Å². The highest BCUT2D eigenvalue weighted by Crippen LogP contribution is 2.32.